The molecule has 1 aromatic rings. The van der Waals surface area contributed by atoms with Crippen LogP contribution in [0.5, 0.6) is 0 Å². The lowest BCUT2D eigenvalue weighted by Crippen LogP contribution is -2.29. The lowest BCUT2D eigenvalue weighted by molar-refractivity contribution is -0.137. The van der Waals surface area contributed by atoms with Crippen molar-refractivity contribution in [2.45, 2.75) is 76.8 Å². The fraction of sp³-hybridized carbons (Fsp3) is 0.652. The highest BCUT2D eigenvalue weighted by Crippen LogP contribution is 2.36. The van der Waals surface area contributed by atoms with Gasteiger partial charge in [-0.25, -0.2) is 13.2 Å². The Bertz CT molecular complexity index is 911. The van der Waals surface area contributed by atoms with E-state index in [1.807, 2.05) is 0 Å². The Kier molecular flexibility index (Phi) is 14.1. The van der Waals surface area contributed by atoms with Crippen molar-refractivity contribution >= 4 is 39.1 Å². The van der Waals surface area contributed by atoms with Crippen LogP contribution in [0.1, 0.15) is 76.2 Å². The molecule has 0 heterocycles. The summed E-state index contributed by atoms with van der Waals surface area (Å²) >= 11 is 5.56. The number of unbranched alkanes of at least 4 members (excludes halogenated alkanes) is 10. The number of carboxylic acids is 1. The zero-order valence-corrected chi connectivity index (χ0v) is 21.2. The van der Waals surface area contributed by atoms with E-state index in [4.69, 9.17) is 16.7 Å². The molecular formula is C23H34ClF3N2O5S. The van der Waals surface area contributed by atoms with Gasteiger partial charge < -0.3 is 15.7 Å². The smallest absolute Gasteiger partial charge is 0.417 e. The van der Waals surface area contributed by atoms with Crippen molar-refractivity contribution in [3.05, 3.63) is 28.8 Å². The first-order chi connectivity index (χ1) is 16.4. The SMILES string of the molecule is O=C(O)CS(=O)(=O)CCCCCCCCCCCCCNC(=O)Nc1ccc(Cl)c(C(F)(F)F)c1. The average molecular weight is 543 g/mol. The highest BCUT2D eigenvalue weighted by molar-refractivity contribution is 7.92. The monoisotopic (exact) mass is 542 g/mol. The number of urea groups is 1. The number of hydrogen-bond donors (Lipinski definition) is 3. The second kappa shape index (κ2) is 15.9. The van der Waals surface area contributed by atoms with Crippen molar-refractivity contribution in [1.82, 2.24) is 5.32 Å². The van der Waals surface area contributed by atoms with Gasteiger partial charge in [0.05, 0.1) is 16.3 Å². The van der Waals surface area contributed by atoms with Crippen LogP contribution in [0.3, 0.4) is 0 Å². The second-order valence-electron chi connectivity index (χ2n) is 8.45. The first-order valence-corrected chi connectivity index (χ1v) is 13.9. The van der Waals surface area contributed by atoms with Crippen molar-refractivity contribution in [2.24, 2.45) is 0 Å². The van der Waals surface area contributed by atoms with Crippen LogP contribution in [0.4, 0.5) is 23.7 Å². The number of benzene rings is 1. The Balaban J connectivity index is 1.99. The van der Waals surface area contributed by atoms with Gasteiger partial charge in [0.1, 0.15) is 5.75 Å². The molecule has 0 saturated heterocycles. The zero-order chi connectivity index (χ0) is 26.3. The molecule has 0 unspecified atom stereocenters. The molecule has 0 radical (unpaired) electrons. The van der Waals surface area contributed by atoms with Crippen LogP contribution in [0.2, 0.25) is 5.02 Å². The molecule has 12 heteroatoms. The standard InChI is InChI=1S/C23H34ClF3N2O5S/c24-20-13-12-18(16-19(20)23(25,26)27)29-22(32)28-14-10-8-6-4-2-1-3-5-7-9-11-15-35(33,34)17-21(30)31/h12-13,16H,1-11,14-15,17H2,(H,30,31)(H2,28,29,32). The quantitative estimate of drug-likeness (QED) is 0.201. The molecule has 0 aromatic heterocycles. The number of carbonyl (C=O) groups is 2. The second-order valence-corrected chi connectivity index (χ2v) is 11.0. The van der Waals surface area contributed by atoms with Crippen LogP contribution in [-0.4, -0.2) is 43.6 Å². The Morgan fingerprint density at radius 1 is 0.886 bits per heavy atom. The van der Waals surface area contributed by atoms with Crippen LogP contribution >= 0.6 is 11.6 Å². The largest absolute Gasteiger partial charge is 0.480 e. The van der Waals surface area contributed by atoms with Crippen LogP contribution in [0.15, 0.2) is 18.2 Å². The number of nitrogens with one attached hydrogen (secondary N) is 2. The first kappa shape index (κ1) is 31.0. The minimum absolute atomic E-state index is 0.0162. The summed E-state index contributed by atoms with van der Waals surface area (Å²) in [5.74, 6) is -2.19. The number of amides is 2. The molecule has 2 amide bonds. The van der Waals surface area contributed by atoms with Crippen molar-refractivity contribution in [1.29, 1.82) is 0 Å². The minimum atomic E-state index is -4.60. The van der Waals surface area contributed by atoms with Crippen molar-refractivity contribution in [3.63, 3.8) is 0 Å². The fourth-order valence-corrected chi connectivity index (χ4v) is 4.88. The van der Waals surface area contributed by atoms with Gasteiger partial charge in [-0.3, -0.25) is 4.79 Å². The number of rotatable bonds is 17. The summed E-state index contributed by atoms with van der Waals surface area (Å²) in [5, 5.41) is 13.1. The zero-order valence-electron chi connectivity index (χ0n) is 19.6. The molecule has 7 nitrogen and oxygen atoms in total. The first-order valence-electron chi connectivity index (χ1n) is 11.7. The number of aliphatic carboxylic acids is 1. The number of carbonyl (C=O) groups excluding carboxylic acids is 1. The van der Waals surface area contributed by atoms with Gasteiger partial charge in [0.15, 0.2) is 9.84 Å². The normalized spacial score (nSPS) is 11.9. The minimum Gasteiger partial charge on any atom is -0.480 e. The summed E-state index contributed by atoms with van der Waals surface area (Å²) < 4.78 is 61.5. The van der Waals surface area contributed by atoms with Crippen molar-refractivity contribution in [3.8, 4) is 0 Å². The number of anilines is 1. The number of carboxylic acid groups (broad SMARTS) is 1. The molecule has 1 aromatic carbocycles. The molecule has 200 valence electrons. The van der Waals surface area contributed by atoms with E-state index in [1.165, 1.54) is 6.07 Å². The van der Waals surface area contributed by atoms with Crippen LogP contribution in [0, 0.1) is 0 Å². The average Bonchev–Trinajstić information content (AvgIpc) is 2.73. The molecule has 1 rings (SSSR count). The number of hydrogen-bond acceptors (Lipinski definition) is 4. The van der Waals surface area contributed by atoms with Crippen LogP contribution in [-0.2, 0) is 20.8 Å². The molecule has 0 spiro atoms. The third-order valence-electron chi connectivity index (χ3n) is 5.29. The van der Waals surface area contributed by atoms with Crippen LogP contribution < -0.4 is 10.6 Å². The molecule has 0 fully saturated rings. The van der Waals surface area contributed by atoms with E-state index in [1.54, 1.807) is 0 Å². The summed E-state index contributed by atoms with van der Waals surface area (Å²) in [6.07, 6.45) is 5.71. The summed E-state index contributed by atoms with van der Waals surface area (Å²) in [4.78, 5) is 22.3. The van der Waals surface area contributed by atoms with Gasteiger partial charge in [-0.2, -0.15) is 13.2 Å². The van der Waals surface area contributed by atoms with Crippen LogP contribution in [0.25, 0.3) is 0 Å². The Hall–Kier alpha value is -2.01. The molecule has 35 heavy (non-hydrogen) atoms. The van der Waals surface area contributed by atoms with E-state index in [0.717, 1.165) is 76.3 Å². The third kappa shape index (κ3) is 14.9. The molecular weight excluding hydrogens is 509 g/mol. The maximum absolute atomic E-state index is 12.9. The summed E-state index contributed by atoms with van der Waals surface area (Å²) in [6, 6.07) is 2.64. The number of alkyl halides is 3. The third-order valence-corrected chi connectivity index (χ3v) is 7.22. The highest BCUT2D eigenvalue weighted by atomic mass is 35.5. The predicted octanol–water partition coefficient (Wildman–Crippen LogP) is 6.27. The van der Waals surface area contributed by atoms with E-state index in [0.29, 0.717) is 13.0 Å². The molecule has 0 aliphatic rings. The predicted molar refractivity (Wildman–Crippen MR) is 131 cm³/mol. The van der Waals surface area contributed by atoms with Gasteiger partial charge in [-0.15, -0.1) is 0 Å². The van der Waals surface area contributed by atoms with E-state index in [-0.39, 0.29) is 11.4 Å². The topological polar surface area (TPSA) is 113 Å². The van der Waals surface area contributed by atoms with Gasteiger partial charge in [0, 0.05) is 12.2 Å². The maximum Gasteiger partial charge on any atom is 0.417 e. The van der Waals surface area contributed by atoms with E-state index >= 15 is 0 Å². The van der Waals surface area contributed by atoms with Crippen molar-refractivity contribution < 1.29 is 36.3 Å². The molecule has 0 saturated carbocycles. The molecule has 0 aliphatic heterocycles. The van der Waals surface area contributed by atoms with Gasteiger partial charge in [-0.05, 0) is 31.0 Å². The molecule has 0 aliphatic carbocycles. The highest BCUT2D eigenvalue weighted by Gasteiger charge is 2.33. The maximum atomic E-state index is 12.9. The van der Waals surface area contributed by atoms with E-state index in [2.05, 4.69) is 10.6 Å². The lowest BCUT2D eigenvalue weighted by atomic mass is 10.1. The fourth-order valence-electron chi connectivity index (χ4n) is 3.50. The van der Waals surface area contributed by atoms with Gasteiger partial charge in [0.2, 0.25) is 0 Å². The Labute approximate surface area is 209 Å². The Morgan fingerprint density at radius 3 is 1.91 bits per heavy atom. The lowest BCUT2D eigenvalue weighted by Gasteiger charge is -2.12. The molecule has 3 N–H and O–H groups in total. The summed E-state index contributed by atoms with van der Waals surface area (Å²) in [6.45, 7) is 0.424. The van der Waals surface area contributed by atoms with Crippen molar-refractivity contribution in [2.75, 3.05) is 23.4 Å². The molecule has 0 bridgehead atoms. The van der Waals surface area contributed by atoms with Gasteiger partial charge in [-0.1, -0.05) is 69.4 Å². The van der Waals surface area contributed by atoms with Gasteiger partial charge >= 0.3 is 18.2 Å². The Morgan fingerprint density at radius 2 is 1.40 bits per heavy atom. The molecule has 0 atom stereocenters. The summed E-state index contributed by atoms with van der Waals surface area (Å²) in [7, 11) is -3.49. The number of halogens is 4. The summed E-state index contributed by atoms with van der Waals surface area (Å²) in [5.41, 5.74) is -0.983. The number of sulfone groups is 1. The van der Waals surface area contributed by atoms with E-state index < -0.39 is 44.4 Å². The van der Waals surface area contributed by atoms with E-state index in [9.17, 15) is 31.2 Å². The van der Waals surface area contributed by atoms with Gasteiger partial charge in [0.25, 0.3) is 0 Å².